The summed E-state index contributed by atoms with van der Waals surface area (Å²) in [6.07, 6.45) is 2.61. The molecule has 1 heterocycles. The molecule has 0 radical (unpaired) electrons. The number of carboxylic acid groups (broad SMARTS) is 1. The number of rotatable bonds is 1. The Labute approximate surface area is 146 Å². The first-order valence-corrected chi connectivity index (χ1v) is 9.48. The van der Waals surface area contributed by atoms with E-state index >= 15 is 0 Å². The Kier molecular flexibility index (Phi) is 2.71. The van der Waals surface area contributed by atoms with Crippen LogP contribution in [-0.2, 0) is 14.3 Å². The lowest BCUT2D eigenvalue weighted by Gasteiger charge is -2.46. The van der Waals surface area contributed by atoms with Gasteiger partial charge in [-0.3, -0.25) is 9.59 Å². The number of aliphatic hydroxyl groups excluding tert-OH is 1. The van der Waals surface area contributed by atoms with Crippen LogP contribution in [0.2, 0.25) is 0 Å². The molecule has 0 aromatic carbocycles. The van der Waals surface area contributed by atoms with Gasteiger partial charge >= 0.3 is 11.9 Å². The average molecular weight is 350 g/mol. The van der Waals surface area contributed by atoms with Crippen LogP contribution in [0.3, 0.4) is 0 Å². The van der Waals surface area contributed by atoms with E-state index in [9.17, 15) is 24.9 Å². The van der Waals surface area contributed by atoms with Crippen molar-refractivity contribution in [1.29, 1.82) is 0 Å². The van der Waals surface area contributed by atoms with Gasteiger partial charge in [0.2, 0.25) is 0 Å². The quantitative estimate of drug-likeness (QED) is 0.617. The summed E-state index contributed by atoms with van der Waals surface area (Å²) in [5, 5.41) is 31.9. The summed E-state index contributed by atoms with van der Waals surface area (Å²) in [7, 11) is 0. The van der Waals surface area contributed by atoms with E-state index in [0.29, 0.717) is 38.5 Å². The second kappa shape index (κ2) is 4.22. The Balaban J connectivity index is 1.75. The molecule has 9 atom stereocenters. The molecule has 6 nitrogen and oxygen atoms in total. The van der Waals surface area contributed by atoms with Crippen LogP contribution in [0.5, 0.6) is 0 Å². The lowest BCUT2D eigenvalue weighted by Crippen LogP contribution is -2.53. The van der Waals surface area contributed by atoms with Crippen LogP contribution in [0, 0.1) is 34.5 Å². The minimum Gasteiger partial charge on any atom is -0.481 e. The highest BCUT2D eigenvalue weighted by Gasteiger charge is 2.84. The van der Waals surface area contributed by atoms with E-state index in [-0.39, 0.29) is 11.8 Å². The number of hydrogen-bond donors (Lipinski definition) is 3. The van der Waals surface area contributed by atoms with E-state index in [2.05, 4.69) is 0 Å². The van der Waals surface area contributed by atoms with Gasteiger partial charge < -0.3 is 20.1 Å². The van der Waals surface area contributed by atoms with Gasteiger partial charge in [0.15, 0.2) is 0 Å². The highest BCUT2D eigenvalue weighted by Crippen LogP contribution is 2.78. The lowest BCUT2D eigenvalue weighted by atomic mass is 9.59. The molecule has 9 unspecified atom stereocenters. The molecule has 0 aromatic heterocycles. The van der Waals surface area contributed by atoms with Crippen LogP contribution >= 0.6 is 0 Å². The number of carbonyl (C=O) groups is 2. The maximum atomic E-state index is 12.7. The lowest BCUT2D eigenvalue weighted by molar-refractivity contribution is -0.164. The molecule has 0 amide bonds. The summed E-state index contributed by atoms with van der Waals surface area (Å²) in [6.45, 7) is 3.70. The van der Waals surface area contributed by atoms with Gasteiger partial charge in [-0.05, 0) is 56.8 Å². The molecular formula is C19H26O6. The fourth-order valence-corrected chi connectivity index (χ4v) is 8.05. The van der Waals surface area contributed by atoms with Gasteiger partial charge in [0.05, 0.1) is 23.0 Å². The van der Waals surface area contributed by atoms with Gasteiger partial charge in [-0.15, -0.1) is 0 Å². The molecule has 138 valence electrons. The molecule has 1 spiro atoms. The fraction of sp³-hybridized carbons (Fsp3) is 0.895. The summed E-state index contributed by atoms with van der Waals surface area (Å²) in [5.74, 6) is -2.59. The van der Waals surface area contributed by atoms with Crippen molar-refractivity contribution in [2.45, 2.75) is 69.7 Å². The zero-order chi connectivity index (χ0) is 18.0. The van der Waals surface area contributed by atoms with Crippen molar-refractivity contribution >= 4 is 11.9 Å². The predicted molar refractivity (Wildman–Crippen MR) is 85.3 cm³/mol. The van der Waals surface area contributed by atoms with Crippen LogP contribution < -0.4 is 0 Å². The van der Waals surface area contributed by atoms with Gasteiger partial charge in [0.25, 0.3) is 0 Å². The van der Waals surface area contributed by atoms with Crippen molar-refractivity contribution in [2.24, 2.45) is 34.5 Å². The molecule has 6 heteroatoms. The summed E-state index contributed by atoms with van der Waals surface area (Å²) < 4.78 is 5.99. The normalized spacial score (nSPS) is 61.6. The zero-order valence-electron chi connectivity index (χ0n) is 14.7. The van der Waals surface area contributed by atoms with Gasteiger partial charge in [0, 0.05) is 11.8 Å². The average Bonchev–Trinajstić information content (AvgIpc) is 2.95. The molecule has 1 saturated heterocycles. The van der Waals surface area contributed by atoms with E-state index in [0.717, 1.165) is 0 Å². The Morgan fingerprint density at radius 2 is 2.00 bits per heavy atom. The minimum atomic E-state index is -1.16. The van der Waals surface area contributed by atoms with Crippen molar-refractivity contribution in [3.8, 4) is 0 Å². The maximum absolute atomic E-state index is 12.7. The molecule has 4 aliphatic carbocycles. The highest BCUT2D eigenvalue weighted by atomic mass is 16.6. The van der Waals surface area contributed by atoms with Crippen LogP contribution in [0.1, 0.15) is 52.4 Å². The summed E-state index contributed by atoms with van der Waals surface area (Å²) in [4.78, 5) is 25.2. The largest absolute Gasteiger partial charge is 0.481 e. The van der Waals surface area contributed by atoms with Crippen molar-refractivity contribution < 1.29 is 29.6 Å². The second-order valence-corrected chi connectivity index (χ2v) is 9.69. The van der Waals surface area contributed by atoms with E-state index in [1.165, 1.54) is 0 Å². The monoisotopic (exact) mass is 350 g/mol. The standard InChI is InChI=1S/C19H26O6/c1-9-7-17-8-18(9,24)5-3-10(17)19-6-4-11(20)16(2,15(23)25-19)13(19)12(17)14(21)22/h9-13,20,24H,3-8H2,1-2H3,(H,21,22). The summed E-state index contributed by atoms with van der Waals surface area (Å²) >= 11 is 0. The number of carbonyl (C=O) groups excluding carboxylic acids is 1. The minimum absolute atomic E-state index is 0.0328. The van der Waals surface area contributed by atoms with Gasteiger partial charge in [-0.1, -0.05) is 6.92 Å². The third-order valence-electron chi connectivity index (χ3n) is 9.00. The van der Waals surface area contributed by atoms with E-state index in [4.69, 9.17) is 4.74 Å². The van der Waals surface area contributed by atoms with E-state index in [1.54, 1.807) is 6.92 Å². The van der Waals surface area contributed by atoms with Gasteiger partial charge in [0.1, 0.15) is 5.60 Å². The van der Waals surface area contributed by atoms with Crippen molar-refractivity contribution in [1.82, 2.24) is 0 Å². The SMILES string of the molecule is CC1CC23CC1(O)CCC2C12CCC(O)C(C)(C(=O)O1)C2C3C(=O)O. The first-order chi connectivity index (χ1) is 11.6. The molecule has 5 rings (SSSR count). The molecule has 5 fully saturated rings. The Morgan fingerprint density at radius 1 is 1.28 bits per heavy atom. The third-order valence-corrected chi connectivity index (χ3v) is 9.00. The number of aliphatic hydroxyl groups is 2. The molecule has 4 saturated carbocycles. The number of fused-ring (bicyclic) bond motifs is 1. The number of carboxylic acids is 1. The first-order valence-electron chi connectivity index (χ1n) is 9.48. The van der Waals surface area contributed by atoms with Crippen LogP contribution in [-0.4, -0.2) is 44.6 Å². The van der Waals surface area contributed by atoms with Gasteiger partial charge in [-0.2, -0.15) is 0 Å². The molecule has 25 heavy (non-hydrogen) atoms. The van der Waals surface area contributed by atoms with E-state index < -0.39 is 51.9 Å². The Morgan fingerprint density at radius 3 is 2.68 bits per heavy atom. The summed E-state index contributed by atoms with van der Waals surface area (Å²) in [6, 6.07) is 0. The molecule has 4 bridgehead atoms. The first kappa shape index (κ1) is 16.1. The van der Waals surface area contributed by atoms with Crippen molar-refractivity contribution in [2.75, 3.05) is 0 Å². The molecular weight excluding hydrogens is 324 g/mol. The molecule has 0 aromatic rings. The number of hydrogen-bond acceptors (Lipinski definition) is 5. The highest BCUT2D eigenvalue weighted by molar-refractivity contribution is 5.85. The molecule has 3 N–H and O–H groups in total. The smallest absolute Gasteiger partial charge is 0.315 e. The number of ether oxygens (including phenoxy) is 1. The summed E-state index contributed by atoms with van der Waals surface area (Å²) in [5.41, 5.74) is -3.27. The van der Waals surface area contributed by atoms with Crippen LogP contribution in [0.25, 0.3) is 0 Å². The van der Waals surface area contributed by atoms with Crippen molar-refractivity contribution in [3.63, 3.8) is 0 Å². The van der Waals surface area contributed by atoms with Crippen LogP contribution in [0.15, 0.2) is 0 Å². The van der Waals surface area contributed by atoms with Gasteiger partial charge in [-0.25, -0.2) is 0 Å². The Hall–Kier alpha value is -1.14. The Bertz CT molecular complexity index is 691. The molecule has 5 aliphatic rings. The van der Waals surface area contributed by atoms with Crippen molar-refractivity contribution in [3.05, 3.63) is 0 Å². The van der Waals surface area contributed by atoms with E-state index in [1.807, 2.05) is 6.92 Å². The number of esters is 1. The second-order valence-electron chi connectivity index (χ2n) is 9.69. The third kappa shape index (κ3) is 1.45. The predicted octanol–water partition coefficient (Wildman–Crippen LogP) is 1.33. The molecule has 1 aliphatic heterocycles. The zero-order valence-corrected chi connectivity index (χ0v) is 14.7. The van der Waals surface area contributed by atoms with Crippen LogP contribution in [0.4, 0.5) is 0 Å². The fourth-order valence-electron chi connectivity index (χ4n) is 8.05. The topological polar surface area (TPSA) is 104 Å². The maximum Gasteiger partial charge on any atom is 0.315 e. The number of aliphatic carboxylic acids is 1.